The van der Waals surface area contributed by atoms with Gasteiger partial charge >= 0.3 is 0 Å². The van der Waals surface area contributed by atoms with Crippen LogP contribution in [0.2, 0.25) is 0 Å². The number of para-hydroxylation sites is 1. The van der Waals surface area contributed by atoms with E-state index >= 15 is 0 Å². The SMILES string of the molecule is CC1(C)Cc2cccc(NC(=O)CCS)c2O1. The summed E-state index contributed by atoms with van der Waals surface area (Å²) in [5.74, 6) is 1.33. The Labute approximate surface area is 107 Å². The molecule has 1 aromatic rings. The van der Waals surface area contributed by atoms with E-state index in [4.69, 9.17) is 4.74 Å². The molecule has 1 aliphatic rings. The molecule has 0 spiro atoms. The first-order chi connectivity index (χ1) is 8.02. The fourth-order valence-corrected chi connectivity index (χ4v) is 2.23. The second-order valence-corrected chi connectivity index (χ2v) is 5.30. The summed E-state index contributed by atoms with van der Waals surface area (Å²) in [6, 6.07) is 5.86. The predicted octanol–water partition coefficient (Wildman–Crippen LogP) is 2.66. The van der Waals surface area contributed by atoms with Crippen LogP contribution in [-0.4, -0.2) is 17.3 Å². The van der Waals surface area contributed by atoms with Crippen LogP contribution in [0.4, 0.5) is 5.69 Å². The van der Waals surface area contributed by atoms with E-state index < -0.39 is 0 Å². The van der Waals surface area contributed by atoms with Gasteiger partial charge in [-0.3, -0.25) is 4.79 Å². The summed E-state index contributed by atoms with van der Waals surface area (Å²) in [5, 5.41) is 2.87. The van der Waals surface area contributed by atoms with Crippen LogP contribution in [0.1, 0.15) is 25.8 Å². The molecule has 0 saturated heterocycles. The van der Waals surface area contributed by atoms with Crippen molar-refractivity contribution in [2.45, 2.75) is 32.3 Å². The normalized spacial score (nSPS) is 16.2. The lowest BCUT2D eigenvalue weighted by Crippen LogP contribution is -2.25. The minimum absolute atomic E-state index is 0.0262. The number of benzene rings is 1. The third-order valence-corrected chi connectivity index (χ3v) is 2.93. The van der Waals surface area contributed by atoms with Gasteiger partial charge in [0, 0.05) is 18.4 Å². The summed E-state index contributed by atoms with van der Waals surface area (Å²) < 4.78 is 5.87. The number of hydrogen-bond donors (Lipinski definition) is 2. The highest BCUT2D eigenvalue weighted by molar-refractivity contribution is 7.80. The number of anilines is 1. The van der Waals surface area contributed by atoms with Crippen LogP contribution in [0.3, 0.4) is 0 Å². The maximum Gasteiger partial charge on any atom is 0.225 e. The smallest absolute Gasteiger partial charge is 0.225 e. The van der Waals surface area contributed by atoms with E-state index in [2.05, 4.69) is 17.9 Å². The quantitative estimate of drug-likeness (QED) is 0.811. The van der Waals surface area contributed by atoms with E-state index in [1.165, 1.54) is 0 Å². The molecular weight excluding hydrogens is 234 g/mol. The van der Waals surface area contributed by atoms with Gasteiger partial charge in [-0.05, 0) is 25.7 Å². The lowest BCUT2D eigenvalue weighted by atomic mass is 10.0. The Morgan fingerprint density at radius 1 is 1.53 bits per heavy atom. The molecule has 2 rings (SSSR count). The second-order valence-electron chi connectivity index (χ2n) is 4.85. The molecule has 0 unspecified atom stereocenters. The van der Waals surface area contributed by atoms with Crippen molar-refractivity contribution < 1.29 is 9.53 Å². The van der Waals surface area contributed by atoms with Crippen molar-refractivity contribution in [3.63, 3.8) is 0 Å². The largest absolute Gasteiger partial charge is 0.485 e. The first-order valence-corrected chi connectivity index (χ1v) is 6.37. The van der Waals surface area contributed by atoms with Gasteiger partial charge in [-0.25, -0.2) is 0 Å². The summed E-state index contributed by atoms with van der Waals surface area (Å²) in [6.45, 7) is 4.10. The second kappa shape index (κ2) is 4.61. The summed E-state index contributed by atoms with van der Waals surface area (Å²) in [4.78, 5) is 11.6. The first kappa shape index (κ1) is 12.3. The van der Waals surface area contributed by atoms with E-state index in [0.717, 1.165) is 23.4 Å². The van der Waals surface area contributed by atoms with Gasteiger partial charge in [0.05, 0.1) is 5.69 Å². The van der Waals surface area contributed by atoms with Crippen LogP contribution in [-0.2, 0) is 11.2 Å². The summed E-state index contributed by atoms with van der Waals surface area (Å²) in [7, 11) is 0. The molecule has 17 heavy (non-hydrogen) atoms. The Kier molecular flexibility index (Phi) is 3.33. The molecule has 1 amide bonds. The number of hydrogen-bond acceptors (Lipinski definition) is 3. The minimum Gasteiger partial charge on any atom is -0.485 e. The van der Waals surface area contributed by atoms with Gasteiger partial charge in [-0.2, -0.15) is 12.6 Å². The molecule has 0 saturated carbocycles. The predicted molar refractivity (Wildman–Crippen MR) is 72.0 cm³/mol. The highest BCUT2D eigenvalue weighted by Crippen LogP contribution is 2.40. The maximum atomic E-state index is 11.6. The molecule has 92 valence electrons. The monoisotopic (exact) mass is 251 g/mol. The third-order valence-electron chi connectivity index (χ3n) is 2.70. The number of carbonyl (C=O) groups excluding carboxylic acids is 1. The average Bonchev–Trinajstić information content (AvgIpc) is 2.53. The summed E-state index contributed by atoms with van der Waals surface area (Å²) >= 11 is 4.04. The lowest BCUT2D eigenvalue weighted by molar-refractivity contribution is -0.115. The Morgan fingerprint density at radius 2 is 2.29 bits per heavy atom. The Morgan fingerprint density at radius 3 is 3.00 bits per heavy atom. The van der Waals surface area contributed by atoms with Crippen molar-refractivity contribution in [1.29, 1.82) is 0 Å². The molecule has 4 heteroatoms. The van der Waals surface area contributed by atoms with E-state index in [-0.39, 0.29) is 11.5 Å². The number of thiol groups is 1. The van der Waals surface area contributed by atoms with Crippen LogP contribution in [0.15, 0.2) is 18.2 Å². The van der Waals surface area contributed by atoms with Crippen molar-refractivity contribution in [3.8, 4) is 5.75 Å². The topological polar surface area (TPSA) is 38.3 Å². The van der Waals surface area contributed by atoms with Gasteiger partial charge in [0.1, 0.15) is 11.4 Å². The summed E-state index contributed by atoms with van der Waals surface area (Å²) in [6.07, 6.45) is 1.29. The number of nitrogens with one attached hydrogen (secondary N) is 1. The molecule has 0 radical (unpaired) electrons. The van der Waals surface area contributed by atoms with Crippen LogP contribution in [0.5, 0.6) is 5.75 Å². The fraction of sp³-hybridized carbons (Fsp3) is 0.462. The van der Waals surface area contributed by atoms with Crippen molar-refractivity contribution in [2.24, 2.45) is 0 Å². The number of rotatable bonds is 3. The zero-order chi connectivity index (χ0) is 12.5. The number of amides is 1. The molecule has 0 atom stereocenters. The zero-order valence-corrected chi connectivity index (χ0v) is 11.0. The lowest BCUT2D eigenvalue weighted by Gasteiger charge is -2.18. The van der Waals surface area contributed by atoms with Crippen molar-refractivity contribution in [2.75, 3.05) is 11.1 Å². The highest BCUT2D eigenvalue weighted by Gasteiger charge is 2.31. The Bertz CT molecular complexity index is 443. The van der Waals surface area contributed by atoms with Crippen LogP contribution >= 0.6 is 12.6 Å². The van der Waals surface area contributed by atoms with Crippen LogP contribution < -0.4 is 10.1 Å². The van der Waals surface area contributed by atoms with Gasteiger partial charge in [0.15, 0.2) is 0 Å². The standard InChI is InChI=1S/C13H17NO2S/c1-13(2)8-9-4-3-5-10(12(9)16-13)14-11(15)6-7-17/h3-5,17H,6-8H2,1-2H3,(H,14,15). The number of fused-ring (bicyclic) bond motifs is 1. The van der Waals surface area contributed by atoms with Crippen molar-refractivity contribution in [1.82, 2.24) is 0 Å². The van der Waals surface area contributed by atoms with E-state index in [1.807, 2.05) is 32.0 Å². The van der Waals surface area contributed by atoms with E-state index in [9.17, 15) is 4.79 Å². The molecule has 0 aliphatic carbocycles. The van der Waals surface area contributed by atoms with Gasteiger partial charge in [-0.15, -0.1) is 0 Å². The zero-order valence-electron chi connectivity index (χ0n) is 10.1. The van der Waals surface area contributed by atoms with E-state index in [1.54, 1.807) is 0 Å². The van der Waals surface area contributed by atoms with Gasteiger partial charge < -0.3 is 10.1 Å². The molecule has 0 fully saturated rings. The third kappa shape index (κ3) is 2.75. The minimum atomic E-state index is -0.188. The molecule has 0 bridgehead atoms. The molecule has 1 aromatic carbocycles. The van der Waals surface area contributed by atoms with Gasteiger partial charge in [-0.1, -0.05) is 12.1 Å². The number of ether oxygens (including phenoxy) is 1. The molecule has 1 heterocycles. The molecular formula is C13H17NO2S. The summed E-state index contributed by atoms with van der Waals surface area (Å²) in [5.41, 5.74) is 1.73. The molecule has 1 aliphatic heterocycles. The van der Waals surface area contributed by atoms with Crippen molar-refractivity contribution in [3.05, 3.63) is 23.8 Å². The maximum absolute atomic E-state index is 11.6. The van der Waals surface area contributed by atoms with Gasteiger partial charge in [0.25, 0.3) is 0 Å². The fourth-order valence-electron chi connectivity index (χ4n) is 2.03. The highest BCUT2D eigenvalue weighted by atomic mass is 32.1. The molecule has 1 N–H and O–H groups in total. The van der Waals surface area contributed by atoms with Crippen LogP contribution in [0.25, 0.3) is 0 Å². The Balaban J connectivity index is 2.21. The van der Waals surface area contributed by atoms with Crippen LogP contribution in [0, 0.1) is 0 Å². The average molecular weight is 251 g/mol. The number of carbonyl (C=O) groups is 1. The van der Waals surface area contributed by atoms with Crippen molar-refractivity contribution >= 4 is 24.2 Å². The first-order valence-electron chi connectivity index (χ1n) is 5.73. The van der Waals surface area contributed by atoms with E-state index in [0.29, 0.717) is 12.2 Å². The molecule has 3 nitrogen and oxygen atoms in total. The molecule has 0 aromatic heterocycles. The Hall–Kier alpha value is -1.16. The van der Waals surface area contributed by atoms with Gasteiger partial charge in [0.2, 0.25) is 5.91 Å².